The Morgan fingerprint density at radius 3 is 1.29 bits per heavy atom. The van der Waals surface area contributed by atoms with E-state index in [0.717, 1.165) is 5.56 Å². The zero-order valence-electron chi connectivity index (χ0n) is 19.0. The van der Waals surface area contributed by atoms with E-state index in [2.05, 4.69) is 0 Å². The standard InChI is InChI=1S/C16H16O2.C14H10O2/c1-2-18-16(14-11-7-4-8-12-14)15(17)13-9-5-3-6-10-13;15-13(11-7-3-1-4-8-11)14(16)12-9-5-2-6-10-12/h3-12,16H,2H2,1H3;1-10H. The first-order chi connectivity index (χ1) is 16.6. The van der Waals surface area contributed by atoms with Crippen molar-refractivity contribution >= 4 is 17.3 Å². The summed E-state index contributed by atoms with van der Waals surface area (Å²) in [6.07, 6.45) is -0.515. The van der Waals surface area contributed by atoms with Crippen LogP contribution in [0.4, 0.5) is 0 Å². The van der Waals surface area contributed by atoms with Crippen molar-refractivity contribution in [2.75, 3.05) is 6.61 Å². The Balaban J connectivity index is 0.000000192. The molecule has 4 nitrogen and oxygen atoms in total. The van der Waals surface area contributed by atoms with E-state index in [1.54, 1.807) is 48.5 Å². The molecule has 1 unspecified atom stereocenters. The zero-order chi connectivity index (χ0) is 24.2. The number of carbonyl (C=O) groups excluding carboxylic acids is 3. The highest BCUT2D eigenvalue weighted by atomic mass is 16.5. The van der Waals surface area contributed by atoms with Gasteiger partial charge in [0.05, 0.1) is 0 Å². The summed E-state index contributed by atoms with van der Waals surface area (Å²) in [5.74, 6) is -0.928. The monoisotopic (exact) mass is 450 g/mol. The molecule has 0 aromatic heterocycles. The molecule has 4 aromatic carbocycles. The second-order valence-corrected chi connectivity index (χ2v) is 7.37. The normalized spacial score (nSPS) is 11.0. The molecular weight excluding hydrogens is 424 g/mol. The minimum Gasteiger partial charge on any atom is -0.366 e. The zero-order valence-corrected chi connectivity index (χ0v) is 19.0. The molecule has 0 radical (unpaired) electrons. The maximum atomic E-state index is 12.4. The average molecular weight is 451 g/mol. The fraction of sp³-hybridized carbons (Fsp3) is 0.100. The smallest absolute Gasteiger partial charge is 0.233 e. The summed E-state index contributed by atoms with van der Waals surface area (Å²) >= 11 is 0. The summed E-state index contributed by atoms with van der Waals surface area (Å²) in [7, 11) is 0. The van der Waals surface area contributed by atoms with Gasteiger partial charge in [0.2, 0.25) is 11.6 Å². The van der Waals surface area contributed by atoms with Crippen molar-refractivity contribution in [3.05, 3.63) is 144 Å². The lowest BCUT2D eigenvalue weighted by molar-refractivity contribution is 0.0452. The third kappa shape index (κ3) is 6.67. The van der Waals surface area contributed by atoms with E-state index in [1.165, 1.54) is 0 Å². The van der Waals surface area contributed by atoms with Crippen molar-refractivity contribution in [3.63, 3.8) is 0 Å². The van der Waals surface area contributed by atoms with Gasteiger partial charge >= 0.3 is 0 Å². The Bertz CT molecular complexity index is 1140. The van der Waals surface area contributed by atoms with Crippen molar-refractivity contribution in [3.8, 4) is 0 Å². The third-order valence-electron chi connectivity index (χ3n) is 5.01. The number of benzene rings is 4. The molecule has 0 N–H and O–H groups in total. The summed E-state index contributed by atoms with van der Waals surface area (Å²) in [6, 6.07) is 36.0. The topological polar surface area (TPSA) is 60.4 Å². The van der Waals surface area contributed by atoms with Gasteiger partial charge in [0, 0.05) is 23.3 Å². The van der Waals surface area contributed by atoms with Gasteiger partial charge in [-0.3, -0.25) is 14.4 Å². The SMILES string of the molecule is CCOC(C(=O)c1ccccc1)c1ccccc1.O=C(C(=O)c1ccccc1)c1ccccc1. The highest BCUT2D eigenvalue weighted by molar-refractivity contribution is 6.49. The molecule has 0 amide bonds. The first kappa shape index (κ1) is 24.5. The Labute approximate surface area is 199 Å². The fourth-order valence-electron chi connectivity index (χ4n) is 3.31. The lowest BCUT2D eigenvalue weighted by atomic mass is 10.00. The predicted octanol–water partition coefficient (Wildman–Crippen LogP) is 6.40. The molecular formula is C30H26O4. The van der Waals surface area contributed by atoms with Gasteiger partial charge in [-0.1, -0.05) is 121 Å². The quantitative estimate of drug-likeness (QED) is 0.230. The first-order valence-electron chi connectivity index (χ1n) is 11.1. The largest absolute Gasteiger partial charge is 0.366 e. The molecule has 1 atom stereocenters. The summed E-state index contributed by atoms with van der Waals surface area (Å²) < 4.78 is 5.59. The van der Waals surface area contributed by atoms with Gasteiger partial charge in [0.15, 0.2) is 5.78 Å². The number of rotatable bonds is 8. The Kier molecular flexibility index (Phi) is 9.20. The summed E-state index contributed by atoms with van der Waals surface area (Å²) in [4.78, 5) is 36.0. The van der Waals surface area contributed by atoms with Gasteiger partial charge in [-0.2, -0.15) is 0 Å². The number of hydrogen-bond acceptors (Lipinski definition) is 4. The van der Waals surface area contributed by atoms with Crippen LogP contribution in [0.1, 0.15) is 49.7 Å². The van der Waals surface area contributed by atoms with E-state index < -0.39 is 17.7 Å². The molecule has 0 heterocycles. The van der Waals surface area contributed by atoms with E-state index in [1.807, 2.05) is 79.7 Å². The number of Topliss-reactive ketones (excluding diaryl/α,β-unsaturated/α-hetero) is 3. The molecule has 4 aromatic rings. The first-order valence-corrected chi connectivity index (χ1v) is 11.1. The van der Waals surface area contributed by atoms with Crippen LogP contribution in [0, 0.1) is 0 Å². The number of ether oxygens (including phenoxy) is 1. The van der Waals surface area contributed by atoms with Gasteiger partial charge in [-0.15, -0.1) is 0 Å². The van der Waals surface area contributed by atoms with Crippen LogP contribution in [0.3, 0.4) is 0 Å². The Morgan fingerprint density at radius 1 is 0.559 bits per heavy atom. The second-order valence-electron chi connectivity index (χ2n) is 7.37. The Hall–Kier alpha value is -4.15. The van der Waals surface area contributed by atoms with E-state index in [9.17, 15) is 14.4 Å². The molecule has 0 aliphatic carbocycles. The number of hydrogen-bond donors (Lipinski definition) is 0. The van der Waals surface area contributed by atoms with Crippen LogP contribution >= 0.6 is 0 Å². The van der Waals surface area contributed by atoms with Gasteiger partial charge in [0.25, 0.3) is 0 Å². The van der Waals surface area contributed by atoms with E-state index >= 15 is 0 Å². The van der Waals surface area contributed by atoms with Crippen molar-refractivity contribution in [1.82, 2.24) is 0 Å². The van der Waals surface area contributed by atoms with Gasteiger partial charge in [-0.25, -0.2) is 0 Å². The maximum absolute atomic E-state index is 12.4. The molecule has 0 aliphatic rings. The molecule has 0 spiro atoms. The van der Waals surface area contributed by atoms with Crippen LogP contribution in [-0.4, -0.2) is 24.0 Å². The lowest BCUT2D eigenvalue weighted by Crippen LogP contribution is -2.16. The average Bonchev–Trinajstić information content (AvgIpc) is 2.93. The molecule has 4 rings (SSSR count). The summed E-state index contributed by atoms with van der Waals surface area (Å²) in [5, 5.41) is 0. The predicted molar refractivity (Wildman–Crippen MR) is 133 cm³/mol. The van der Waals surface area contributed by atoms with Crippen molar-refractivity contribution in [2.24, 2.45) is 0 Å². The highest BCUT2D eigenvalue weighted by Crippen LogP contribution is 2.22. The minimum atomic E-state index is -0.515. The van der Waals surface area contributed by atoms with Crippen LogP contribution < -0.4 is 0 Å². The van der Waals surface area contributed by atoms with E-state index in [4.69, 9.17) is 4.74 Å². The van der Waals surface area contributed by atoms with Crippen LogP contribution in [0.5, 0.6) is 0 Å². The van der Waals surface area contributed by atoms with Crippen LogP contribution in [-0.2, 0) is 4.74 Å². The Morgan fingerprint density at radius 2 is 0.912 bits per heavy atom. The van der Waals surface area contributed by atoms with Crippen LogP contribution in [0.25, 0.3) is 0 Å². The van der Waals surface area contributed by atoms with Crippen molar-refractivity contribution < 1.29 is 19.1 Å². The molecule has 0 saturated heterocycles. The van der Waals surface area contributed by atoms with Gasteiger partial charge in [-0.05, 0) is 12.5 Å². The molecule has 34 heavy (non-hydrogen) atoms. The number of ketones is 3. The molecule has 170 valence electrons. The van der Waals surface area contributed by atoms with Crippen molar-refractivity contribution in [2.45, 2.75) is 13.0 Å². The third-order valence-corrected chi connectivity index (χ3v) is 5.01. The van der Waals surface area contributed by atoms with Gasteiger partial charge < -0.3 is 4.74 Å². The van der Waals surface area contributed by atoms with E-state index in [-0.39, 0.29) is 5.78 Å². The van der Waals surface area contributed by atoms with Crippen LogP contribution in [0.15, 0.2) is 121 Å². The summed E-state index contributed by atoms with van der Waals surface area (Å²) in [5.41, 5.74) is 2.43. The molecule has 0 aliphatic heterocycles. The van der Waals surface area contributed by atoms with E-state index in [0.29, 0.717) is 23.3 Å². The minimum absolute atomic E-state index is 0.00338. The van der Waals surface area contributed by atoms with Gasteiger partial charge in [0.1, 0.15) is 6.10 Å². The maximum Gasteiger partial charge on any atom is 0.233 e. The fourth-order valence-corrected chi connectivity index (χ4v) is 3.31. The summed E-state index contributed by atoms with van der Waals surface area (Å²) in [6.45, 7) is 2.41. The van der Waals surface area contributed by atoms with Crippen molar-refractivity contribution in [1.29, 1.82) is 0 Å². The molecule has 0 saturated carbocycles. The molecule has 4 heteroatoms. The van der Waals surface area contributed by atoms with Crippen LogP contribution in [0.2, 0.25) is 0 Å². The second kappa shape index (κ2) is 12.8. The highest BCUT2D eigenvalue weighted by Gasteiger charge is 2.21. The number of carbonyl (C=O) groups is 3. The lowest BCUT2D eigenvalue weighted by Gasteiger charge is -2.16. The molecule has 0 fully saturated rings. The molecule has 0 bridgehead atoms.